The average Bonchev–Trinajstić information content (AvgIpc) is 3.12. The lowest BCUT2D eigenvalue weighted by Crippen LogP contribution is -2.34. The van der Waals surface area contributed by atoms with Gasteiger partial charge in [0.25, 0.3) is 0 Å². The monoisotopic (exact) mass is 357 g/mol. The van der Waals surface area contributed by atoms with E-state index in [4.69, 9.17) is 4.98 Å². The van der Waals surface area contributed by atoms with E-state index in [1.54, 1.807) is 17.4 Å². The first-order chi connectivity index (χ1) is 12.2. The van der Waals surface area contributed by atoms with Gasteiger partial charge in [0.1, 0.15) is 5.82 Å². The summed E-state index contributed by atoms with van der Waals surface area (Å²) in [6.45, 7) is 6.17. The fourth-order valence-corrected chi connectivity index (χ4v) is 3.87. The van der Waals surface area contributed by atoms with E-state index >= 15 is 0 Å². The van der Waals surface area contributed by atoms with Gasteiger partial charge >= 0.3 is 0 Å². The molecule has 0 aliphatic heterocycles. The minimum atomic E-state index is -0.220. The summed E-state index contributed by atoms with van der Waals surface area (Å²) < 4.78 is 13.4. The van der Waals surface area contributed by atoms with E-state index < -0.39 is 0 Å². The Hall–Kier alpha value is -1.85. The molecule has 1 unspecified atom stereocenters. The maximum atomic E-state index is 13.4. The van der Waals surface area contributed by atoms with E-state index in [1.165, 1.54) is 29.9 Å². The maximum absolute atomic E-state index is 13.4. The van der Waals surface area contributed by atoms with Crippen LogP contribution in [0.25, 0.3) is 10.9 Å². The topological polar surface area (TPSA) is 29.0 Å². The van der Waals surface area contributed by atoms with Crippen LogP contribution < -0.4 is 0 Å². The zero-order valence-electron chi connectivity index (χ0n) is 14.8. The summed E-state index contributed by atoms with van der Waals surface area (Å²) in [7, 11) is 0. The first kappa shape index (κ1) is 18.0. The third-order valence-corrected chi connectivity index (χ3v) is 5.29. The number of pyridine rings is 1. The van der Waals surface area contributed by atoms with Gasteiger partial charge in [-0.2, -0.15) is 0 Å². The predicted molar refractivity (Wildman–Crippen MR) is 102 cm³/mol. The summed E-state index contributed by atoms with van der Waals surface area (Å²) >= 11 is 1.70. The van der Waals surface area contributed by atoms with Gasteiger partial charge in [0.15, 0.2) is 0 Å². The molecule has 25 heavy (non-hydrogen) atoms. The van der Waals surface area contributed by atoms with Crippen molar-refractivity contribution in [3.05, 3.63) is 58.4 Å². The first-order valence-corrected chi connectivity index (χ1v) is 9.74. The molecular formula is C20H24FN3S. The van der Waals surface area contributed by atoms with Crippen LogP contribution in [0.15, 0.2) is 42.0 Å². The van der Waals surface area contributed by atoms with E-state index in [2.05, 4.69) is 23.7 Å². The Labute approximate surface area is 152 Å². The Morgan fingerprint density at radius 2 is 2.04 bits per heavy atom. The number of rotatable bonds is 8. The molecule has 1 aromatic carbocycles. The van der Waals surface area contributed by atoms with Crippen LogP contribution in [0.5, 0.6) is 0 Å². The highest BCUT2D eigenvalue weighted by Gasteiger charge is 2.18. The van der Waals surface area contributed by atoms with Gasteiger partial charge in [-0.05, 0) is 37.1 Å². The summed E-state index contributed by atoms with van der Waals surface area (Å²) in [5.74, 6) is -0.220. The molecule has 5 heteroatoms. The second kappa shape index (κ2) is 8.50. The summed E-state index contributed by atoms with van der Waals surface area (Å²) in [5.41, 5.74) is 3.76. The fourth-order valence-electron chi connectivity index (χ4n) is 3.25. The number of thiazole rings is 1. The lowest BCUT2D eigenvalue weighted by Gasteiger charge is -2.30. The Morgan fingerprint density at radius 1 is 1.16 bits per heavy atom. The molecule has 0 saturated carbocycles. The SMILES string of the molecule is CCCC(CC)N(Cc1ccc2cc(F)ccc2n1)Cc1cncs1. The zero-order valence-corrected chi connectivity index (χ0v) is 15.6. The largest absolute Gasteiger partial charge is 0.289 e. The van der Waals surface area contributed by atoms with Gasteiger partial charge in [-0.25, -0.2) is 4.39 Å². The number of fused-ring (bicyclic) bond motifs is 1. The van der Waals surface area contributed by atoms with E-state index in [0.29, 0.717) is 6.04 Å². The number of benzene rings is 1. The molecule has 3 aromatic rings. The normalized spacial score (nSPS) is 12.8. The Bertz CT molecular complexity index is 804. The fraction of sp³-hybridized carbons (Fsp3) is 0.400. The van der Waals surface area contributed by atoms with Crippen molar-refractivity contribution in [3.8, 4) is 0 Å². The first-order valence-electron chi connectivity index (χ1n) is 8.86. The van der Waals surface area contributed by atoms with Crippen LogP contribution in [-0.4, -0.2) is 20.9 Å². The van der Waals surface area contributed by atoms with Crippen molar-refractivity contribution in [2.75, 3.05) is 0 Å². The Kier molecular flexibility index (Phi) is 6.10. The molecule has 0 aliphatic carbocycles. The summed E-state index contributed by atoms with van der Waals surface area (Å²) in [6.07, 6.45) is 5.41. The molecule has 3 rings (SSSR count). The average molecular weight is 357 g/mol. The zero-order chi connectivity index (χ0) is 17.6. The van der Waals surface area contributed by atoms with Crippen molar-refractivity contribution in [2.24, 2.45) is 0 Å². The Balaban J connectivity index is 1.84. The van der Waals surface area contributed by atoms with Gasteiger partial charge < -0.3 is 0 Å². The van der Waals surface area contributed by atoms with Crippen molar-refractivity contribution in [1.29, 1.82) is 0 Å². The van der Waals surface area contributed by atoms with Gasteiger partial charge in [-0.3, -0.25) is 14.9 Å². The molecule has 0 bridgehead atoms. The van der Waals surface area contributed by atoms with Crippen LogP contribution in [0.2, 0.25) is 0 Å². The molecule has 2 aromatic heterocycles. The van der Waals surface area contributed by atoms with Gasteiger partial charge in [0.2, 0.25) is 0 Å². The van der Waals surface area contributed by atoms with Crippen molar-refractivity contribution >= 4 is 22.2 Å². The lowest BCUT2D eigenvalue weighted by molar-refractivity contribution is 0.162. The van der Waals surface area contributed by atoms with Crippen LogP contribution in [0, 0.1) is 5.82 Å². The van der Waals surface area contributed by atoms with E-state index in [1.807, 2.05) is 23.8 Å². The van der Waals surface area contributed by atoms with Gasteiger partial charge in [-0.1, -0.05) is 26.3 Å². The van der Waals surface area contributed by atoms with Crippen molar-refractivity contribution < 1.29 is 4.39 Å². The highest BCUT2D eigenvalue weighted by Crippen LogP contribution is 2.21. The molecule has 1 atom stereocenters. The summed E-state index contributed by atoms with van der Waals surface area (Å²) in [5, 5.41) is 0.846. The molecule has 132 valence electrons. The van der Waals surface area contributed by atoms with E-state index in [9.17, 15) is 4.39 Å². The molecule has 0 N–H and O–H groups in total. The second-order valence-electron chi connectivity index (χ2n) is 6.36. The van der Waals surface area contributed by atoms with Crippen LogP contribution in [-0.2, 0) is 13.1 Å². The standard InChI is InChI=1S/C20H24FN3S/c1-3-5-18(4-2)24(13-19-11-22-14-25-19)12-17-8-6-15-10-16(21)7-9-20(15)23-17/h6-11,14,18H,3-5,12-13H2,1-2H3. The Morgan fingerprint density at radius 3 is 2.76 bits per heavy atom. The van der Waals surface area contributed by atoms with Crippen molar-refractivity contribution in [2.45, 2.75) is 52.2 Å². The molecule has 3 nitrogen and oxygen atoms in total. The molecule has 0 aliphatic rings. The van der Waals surface area contributed by atoms with Crippen LogP contribution in [0.1, 0.15) is 43.7 Å². The molecular weight excluding hydrogens is 333 g/mol. The minimum absolute atomic E-state index is 0.220. The third kappa shape index (κ3) is 4.61. The predicted octanol–water partition coefficient (Wildman–Crippen LogP) is 5.41. The minimum Gasteiger partial charge on any atom is -0.289 e. The third-order valence-electron chi connectivity index (χ3n) is 4.53. The van der Waals surface area contributed by atoms with Crippen LogP contribution >= 0.6 is 11.3 Å². The van der Waals surface area contributed by atoms with Gasteiger partial charge in [-0.15, -0.1) is 11.3 Å². The maximum Gasteiger partial charge on any atom is 0.123 e. The molecule has 0 amide bonds. The smallest absolute Gasteiger partial charge is 0.123 e. The highest BCUT2D eigenvalue weighted by molar-refractivity contribution is 7.09. The summed E-state index contributed by atoms with van der Waals surface area (Å²) in [6, 6.07) is 9.27. The van der Waals surface area contributed by atoms with Gasteiger partial charge in [0, 0.05) is 35.6 Å². The molecule has 2 heterocycles. The highest BCUT2D eigenvalue weighted by atomic mass is 32.1. The molecule has 0 fully saturated rings. The second-order valence-corrected chi connectivity index (χ2v) is 7.33. The van der Waals surface area contributed by atoms with Crippen molar-refractivity contribution in [3.63, 3.8) is 0 Å². The number of nitrogens with zero attached hydrogens (tertiary/aromatic N) is 3. The number of hydrogen-bond donors (Lipinski definition) is 0. The molecule has 0 saturated heterocycles. The summed E-state index contributed by atoms with van der Waals surface area (Å²) in [4.78, 5) is 12.7. The molecule has 0 radical (unpaired) electrons. The van der Waals surface area contributed by atoms with E-state index in [-0.39, 0.29) is 5.82 Å². The van der Waals surface area contributed by atoms with Crippen molar-refractivity contribution in [1.82, 2.24) is 14.9 Å². The van der Waals surface area contributed by atoms with Crippen LogP contribution in [0.4, 0.5) is 4.39 Å². The van der Waals surface area contributed by atoms with E-state index in [0.717, 1.165) is 36.1 Å². The molecule has 0 spiro atoms. The number of aromatic nitrogens is 2. The quantitative estimate of drug-likeness (QED) is 0.540. The lowest BCUT2D eigenvalue weighted by atomic mass is 10.1. The number of halogens is 1. The van der Waals surface area contributed by atoms with Gasteiger partial charge in [0.05, 0.1) is 16.7 Å². The van der Waals surface area contributed by atoms with Crippen LogP contribution in [0.3, 0.4) is 0 Å². The number of hydrogen-bond acceptors (Lipinski definition) is 4.